The Morgan fingerprint density at radius 1 is 0.981 bits per heavy atom. The van der Waals surface area contributed by atoms with E-state index in [9.17, 15) is 27.6 Å². The summed E-state index contributed by atoms with van der Waals surface area (Å²) in [5, 5.41) is 6.81. The molecule has 3 N–H and O–H groups in total. The second-order valence-electron chi connectivity index (χ2n) is 15.7. The molecule has 2 aromatic rings. The molecule has 2 aromatic carbocycles. The highest BCUT2D eigenvalue weighted by molar-refractivity contribution is 7.91. The molecule has 0 unspecified atom stereocenters. The maximum Gasteiger partial charge on any atom is 0.408 e. The molecule has 4 amide bonds. The van der Waals surface area contributed by atoms with Crippen molar-refractivity contribution in [3.05, 3.63) is 54.6 Å². The summed E-state index contributed by atoms with van der Waals surface area (Å²) in [7, 11) is -0.784. The third-order valence-electron chi connectivity index (χ3n) is 11.1. The number of benzene rings is 2. The van der Waals surface area contributed by atoms with E-state index < -0.39 is 73.6 Å². The van der Waals surface area contributed by atoms with E-state index in [-0.39, 0.29) is 25.5 Å². The van der Waals surface area contributed by atoms with Gasteiger partial charge in [0.15, 0.2) is 0 Å². The molecule has 3 aliphatic carbocycles. The molecule has 0 spiro atoms. The molecule has 6 rings (SSSR count). The predicted octanol–water partition coefficient (Wildman–Crippen LogP) is 4.04. The number of nitrogens with one attached hydrogen (secondary N) is 3. The van der Waals surface area contributed by atoms with E-state index in [2.05, 4.69) is 21.9 Å². The quantitative estimate of drug-likeness (QED) is 0.272. The normalized spacial score (nSPS) is 26.8. The van der Waals surface area contributed by atoms with E-state index in [1.54, 1.807) is 7.11 Å². The fraction of sp³-hybridized carbons (Fsp3) is 0.579. The molecule has 4 aliphatic rings. The van der Waals surface area contributed by atoms with Crippen molar-refractivity contribution in [3.63, 3.8) is 0 Å². The largest absolute Gasteiger partial charge is 0.497 e. The van der Waals surface area contributed by atoms with E-state index >= 15 is 0 Å². The van der Waals surface area contributed by atoms with Gasteiger partial charge in [-0.25, -0.2) is 13.2 Å². The Morgan fingerprint density at radius 2 is 1.65 bits per heavy atom. The first-order chi connectivity index (χ1) is 24.6. The molecule has 0 aromatic heterocycles. The summed E-state index contributed by atoms with van der Waals surface area (Å²) in [5.41, 5.74) is -2.79. The number of hydrogen-bond acceptors (Lipinski definition) is 9. The first-order valence-corrected chi connectivity index (χ1v) is 19.5. The standard InChI is InChI=1S/C38H50N4O9S/c1-7-25-20-38(25,34(45)41-52(47,48)29-16-17-29)40-32(43)30-21-37(50-6,26-14-12-24-19-28(49-5)15-13-23(24)18-26)22-42(30)33(44)31(36(2,3)4)39-35(46)51-27-10-8-9-11-27/h7,12-15,18-19,25,27,29-31H,1,8-11,16-17,20-22H2,2-6H3,(H,39,46)(H,40,43)(H,41,45)/t25-,30-,31+,37-,38+/m0/s1. The number of alkyl carbamates (subject to hydrolysis) is 1. The number of carbonyl (C=O) groups is 4. The fourth-order valence-corrected chi connectivity index (χ4v) is 8.95. The minimum Gasteiger partial charge on any atom is -0.497 e. The average molecular weight is 739 g/mol. The van der Waals surface area contributed by atoms with Crippen LogP contribution in [0.1, 0.15) is 77.7 Å². The van der Waals surface area contributed by atoms with Gasteiger partial charge < -0.3 is 29.7 Å². The molecule has 5 atom stereocenters. The summed E-state index contributed by atoms with van der Waals surface area (Å²) in [6.45, 7) is 9.19. The first kappa shape index (κ1) is 37.6. The fourth-order valence-electron chi connectivity index (χ4n) is 7.59. The van der Waals surface area contributed by atoms with E-state index in [0.717, 1.165) is 42.0 Å². The van der Waals surface area contributed by atoms with Crippen LogP contribution in [-0.4, -0.2) is 86.9 Å². The molecule has 1 saturated heterocycles. The van der Waals surface area contributed by atoms with Crippen LogP contribution in [0.5, 0.6) is 5.75 Å². The molecule has 0 bridgehead atoms. The van der Waals surface area contributed by atoms with Crippen molar-refractivity contribution < 1.29 is 41.8 Å². The summed E-state index contributed by atoms with van der Waals surface area (Å²) < 4.78 is 44.9. The minimum atomic E-state index is -3.90. The van der Waals surface area contributed by atoms with Gasteiger partial charge in [-0.1, -0.05) is 45.0 Å². The Kier molecular flexibility index (Phi) is 10.1. The van der Waals surface area contributed by atoms with Gasteiger partial charge in [0, 0.05) is 19.4 Å². The second-order valence-corrected chi connectivity index (χ2v) is 17.7. The number of likely N-dealkylation sites (tertiary alicyclic amines) is 1. The Bertz CT molecular complexity index is 1870. The van der Waals surface area contributed by atoms with Crippen LogP contribution in [0.3, 0.4) is 0 Å². The van der Waals surface area contributed by atoms with Gasteiger partial charge >= 0.3 is 6.09 Å². The van der Waals surface area contributed by atoms with Gasteiger partial charge in [-0.2, -0.15) is 0 Å². The van der Waals surface area contributed by atoms with Crippen molar-refractivity contribution in [2.75, 3.05) is 20.8 Å². The maximum atomic E-state index is 14.7. The molecule has 3 saturated carbocycles. The van der Waals surface area contributed by atoms with Gasteiger partial charge in [0.2, 0.25) is 21.8 Å². The molecule has 1 heterocycles. The third-order valence-corrected chi connectivity index (χ3v) is 12.9. The highest BCUT2D eigenvalue weighted by Gasteiger charge is 2.62. The van der Waals surface area contributed by atoms with Crippen LogP contribution < -0.4 is 20.1 Å². The Labute approximate surface area is 305 Å². The Balaban J connectivity index is 1.34. The van der Waals surface area contributed by atoms with Crippen LogP contribution in [0.15, 0.2) is 49.1 Å². The van der Waals surface area contributed by atoms with Gasteiger partial charge in [0.25, 0.3) is 5.91 Å². The number of ether oxygens (including phenoxy) is 3. The molecule has 52 heavy (non-hydrogen) atoms. The number of nitrogens with zero attached hydrogens (tertiary/aromatic N) is 1. The number of hydrogen-bond donors (Lipinski definition) is 3. The number of methoxy groups -OCH3 is 2. The Morgan fingerprint density at radius 3 is 2.25 bits per heavy atom. The van der Waals surface area contributed by atoms with Crippen LogP contribution in [0.4, 0.5) is 4.79 Å². The van der Waals surface area contributed by atoms with Crippen molar-refractivity contribution in [1.82, 2.24) is 20.3 Å². The molecular weight excluding hydrogens is 689 g/mol. The third kappa shape index (κ3) is 7.36. The summed E-state index contributed by atoms with van der Waals surface area (Å²) in [6, 6.07) is 9.18. The lowest BCUT2D eigenvalue weighted by atomic mass is 9.85. The smallest absolute Gasteiger partial charge is 0.408 e. The van der Waals surface area contributed by atoms with E-state index in [4.69, 9.17) is 14.2 Å². The van der Waals surface area contributed by atoms with Crippen molar-refractivity contribution in [1.29, 1.82) is 0 Å². The highest BCUT2D eigenvalue weighted by atomic mass is 32.2. The molecule has 14 heteroatoms. The van der Waals surface area contributed by atoms with Crippen LogP contribution in [0, 0.1) is 11.3 Å². The molecule has 0 radical (unpaired) electrons. The number of fused-ring (bicyclic) bond motifs is 1. The minimum absolute atomic E-state index is 0.0168. The molecule has 1 aliphatic heterocycles. The molecular formula is C38H50N4O9S. The number of rotatable bonds is 12. The summed E-state index contributed by atoms with van der Waals surface area (Å²) >= 11 is 0. The van der Waals surface area contributed by atoms with Crippen molar-refractivity contribution in [3.8, 4) is 5.75 Å². The summed E-state index contributed by atoms with van der Waals surface area (Å²) in [5.74, 6) is -1.83. The molecule has 4 fully saturated rings. The van der Waals surface area contributed by atoms with Gasteiger partial charge in [-0.3, -0.25) is 19.1 Å². The van der Waals surface area contributed by atoms with Gasteiger partial charge in [-0.15, -0.1) is 6.58 Å². The van der Waals surface area contributed by atoms with Crippen LogP contribution in [0.2, 0.25) is 0 Å². The van der Waals surface area contributed by atoms with Gasteiger partial charge in [0.05, 0.1) is 18.9 Å². The van der Waals surface area contributed by atoms with Gasteiger partial charge in [-0.05, 0) is 84.9 Å². The van der Waals surface area contributed by atoms with Crippen LogP contribution >= 0.6 is 0 Å². The molecule has 13 nitrogen and oxygen atoms in total. The van der Waals surface area contributed by atoms with Gasteiger partial charge in [0.1, 0.15) is 35.1 Å². The van der Waals surface area contributed by atoms with Crippen LogP contribution in [0.25, 0.3) is 10.8 Å². The van der Waals surface area contributed by atoms with Crippen LogP contribution in [-0.2, 0) is 39.5 Å². The average Bonchev–Trinajstić information content (AvgIpc) is 3.99. The zero-order chi connectivity index (χ0) is 37.6. The summed E-state index contributed by atoms with van der Waals surface area (Å²) in [4.78, 5) is 57.3. The predicted molar refractivity (Wildman–Crippen MR) is 194 cm³/mol. The lowest BCUT2D eigenvalue weighted by Gasteiger charge is -2.36. The maximum absolute atomic E-state index is 14.7. The van der Waals surface area contributed by atoms with Crippen molar-refractivity contribution in [2.45, 2.75) is 107 Å². The monoisotopic (exact) mass is 738 g/mol. The highest BCUT2D eigenvalue weighted by Crippen LogP contribution is 2.47. The number of carbonyl (C=O) groups excluding carboxylic acids is 4. The van der Waals surface area contributed by atoms with E-state index in [1.165, 1.54) is 18.1 Å². The summed E-state index contributed by atoms with van der Waals surface area (Å²) in [6.07, 6.45) is 5.12. The topological polar surface area (TPSA) is 169 Å². The lowest BCUT2D eigenvalue weighted by Crippen LogP contribution is -2.60. The first-order valence-electron chi connectivity index (χ1n) is 18.0. The zero-order valence-electron chi connectivity index (χ0n) is 30.5. The van der Waals surface area contributed by atoms with Crippen molar-refractivity contribution in [2.24, 2.45) is 11.3 Å². The SMILES string of the molecule is C=C[C@H]1C[C@]1(NC(=O)[C@@H]1C[C@@](OC)(c2ccc3cc(OC)ccc3c2)CN1C(=O)[C@@H](NC(=O)OC1CCCC1)C(C)(C)C)C(=O)NS(=O)(=O)C1CC1. The van der Waals surface area contributed by atoms with Crippen molar-refractivity contribution >= 4 is 44.6 Å². The zero-order valence-corrected chi connectivity index (χ0v) is 31.3. The van der Waals surface area contributed by atoms with E-state index in [1.807, 2.05) is 57.2 Å². The van der Waals surface area contributed by atoms with E-state index in [0.29, 0.717) is 18.6 Å². The Hall–Kier alpha value is -4.17. The lowest BCUT2D eigenvalue weighted by molar-refractivity contribution is -0.143. The second kappa shape index (κ2) is 14.0. The number of amides is 4. The molecule has 282 valence electrons. The number of sulfonamides is 1.